The summed E-state index contributed by atoms with van der Waals surface area (Å²) < 4.78 is 61.5. The molecule has 0 aromatic heterocycles. The van der Waals surface area contributed by atoms with Gasteiger partial charge in [-0.25, -0.2) is 4.39 Å². The largest absolute Gasteiger partial charge is 0.459 e. The van der Waals surface area contributed by atoms with Crippen molar-refractivity contribution in [1.29, 1.82) is 0 Å². The number of carbonyl (C=O) groups excluding carboxylic acids is 6. The average molecular weight is 1110 g/mol. The lowest BCUT2D eigenvalue weighted by molar-refractivity contribution is -0.296. The van der Waals surface area contributed by atoms with Gasteiger partial charge in [0.15, 0.2) is 47.6 Å². The maximum Gasteiger partial charge on any atom is 0.316 e. The van der Waals surface area contributed by atoms with Gasteiger partial charge in [0.2, 0.25) is 5.78 Å². The molecule has 7 rings (SSSR count). The minimum atomic E-state index is -2.16. The number of likely N-dealkylation sites (N-methyl/N-ethyl adjacent to an activating group) is 2. The van der Waals surface area contributed by atoms with Crippen LogP contribution in [0, 0.1) is 40.4 Å². The highest BCUT2D eigenvalue weighted by Gasteiger charge is 2.80. The Morgan fingerprint density at radius 3 is 2.22 bits per heavy atom. The Morgan fingerprint density at radius 2 is 1.58 bits per heavy atom. The van der Waals surface area contributed by atoms with Crippen LogP contribution >= 0.6 is 0 Å². The van der Waals surface area contributed by atoms with Gasteiger partial charge in [0.1, 0.15) is 23.7 Å². The third kappa shape index (κ3) is 10.9. The molecule has 0 aromatic carbocycles. The molecule has 19 nitrogen and oxygen atoms in total. The first kappa shape index (κ1) is 62.0. The summed E-state index contributed by atoms with van der Waals surface area (Å²) in [5, 5.41) is 47.5. The summed E-state index contributed by atoms with van der Waals surface area (Å²) in [7, 11) is 5.33. The van der Waals surface area contributed by atoms with E-state index in [-0.39, 0.29) is 37.4 Å². The molecular formula is C58H89FN2O17. The van der Waals surface area contributed by atoms with Gasteiger partial charge in [0.05, 0.1) is 48.9 Å². The van der Waals surface area contributed by atoms with Crippen molar-refractivity contribution in [2.24, 2.45) is 40.4 Å². The summed E-state index contributed by atoms with van der Waals surface area (Å²) in [5.41, 5.74) is -9.37. The quantitative estimate of drug-likeness (QED) is 0.126. The molecule has 3 saturated carbocycles. The van der Waals surface area contributed by atoms with Crippen LogP contribution in [0.15, 0.2) is 23.8 Å². The van der Waals surface area contributed by atoms with Crippen LogP contribution in [-0.2, 0) is 61.9 Å². The van der Waals surface area contributed by atoms with E-state index in [1.807, 2.05) is 23.6 Å². The monoisotopic (exact) mass is 1100 g/mol. The number of halogens is 1. The summed E-state index contributed by atoms with van der Waals surface area (Å²) in [4.78, 5) is 86.4. The number of esters is 3. The van der Waals surface area contributed by atoms with E-state index in [2.05, 4.69) is 0 Å². The molecule has 21 atom stereocenters. The van der Waals surface area contributed by atoms with Gasteiger partial charge < -0.3 is 63.4 Å². The number of rotatable bonds is 11. The van der Waals surface area contributed by atoms with Gasteiger partial charge in [-0.2, -0.15) is 0 Å². The summed E-state index contributed by atoms with van der Waals surface area (Å²) in [6.07, 6.45) is -4.59. The number of nitrogens with zero attached hydrogens (tertiary/aromatic N) is 2. The molecule has 4 N–H and O–H groups in total. The molecule has 0 aromatic rings. The number of aliphatic hydroxyl groups is 4. The van der Waals surface area contributed by atoms with Crippen molar-refractivity contribution in [2.75, 3.05) is 34.3 Å². The van der Waals surface area contributed by atoms with Crippen molar-refractivity contribution in [1.82, 2.24) is 9.80 Å². The normalized spacial score (nSPS) is 46.1. The van der Waals surface area contributed by atoms with Crippen LogP contribution in [0.5, 0.6) is 0 Å². The number of ether oxygens (including phenoxy) is 7. The minimum absolute atomic E-state index is 0.0585. The van der Waals surface area contributed by atoms with Crippen molar-refractivity contribution in [3.8, 4) is 0 Å². The van der Waals surface area contributed by atoms with E-state index >= 15 is 4.39 Å². The lowest BCUT2D eigenvalue weighted by Gasteiger charge is -2.62. The third-order valence-electron chi connectivity index (χ3n) is 19.4. The molecule has 3 heterocycles. The van der Waals surface area contributed by atoms with Gasteiger partial charge in [0, 0.05) is 35.3 Å². The minimum Gasteiger partial charge on any atom is -0.459 e. The van der Waals surface area contributed by atoms with Crippen LogP contribution in [0.4, 0.5) is 4.39 Å². The first-order valence-corrected chi connectivity index (χ1v) is 28.1. The highest BCUT2D eigenvalue weighted by Crippen LogP contribution is 2.72. The fourth-order valence-corrected chi connectivity index (χ4v) is 15.2. The van der Waals surface area contributed by atoms with Crippen LogP contribution in [0.25, 0.3) is 0 Å². The summed E-state index contributed by atoms with van der Waals surface area (Å²) >= 11 is 0. The van der Waals surface area contributed by atoms with Crippen molar-refractivity contribution in [3.63, 3.8) is 0 Å². The highest BCUT2D eigenvalue weighted by atomic mass is 19.1. The molecule has 4 aliphatic carbocycles. The molecule has 0 radical (unpaired) electrons. The smallest absolute Gasteiger partial charge is 0.316 e. The number of alkyl halides is 1. The van der Waals surface area contributed by atoms with E-state index in [0.717, 1.165) is 0 Å². The van der Waals surface area contributed by atoms with E-state index in [1.165, 1.54) is 39.8 Å². The number of hydrogen-bond donors (Lipinski definition) is 4. The molecule has 440 valence electrons. The summed E-state index contributed by atoms with van der Waals surface area (Å²) in [6.45, 7) is 19.4. The van der Waals surface area contributed by atoms with Crippen LogP contribution in [0.1, 0.15) is 141 Å². The lowest BCUT2D eigenvalue weighted by Crippen LogP contribution is -2.70. The van der Waals surface area contributed by atoms with Crippen LogP contribution in [0.3, 0.4) is 0 Å². The Balaban J connectivity index is 1.06. The fourth-order valence-electron chi connectivity index (χ4n) is 15.2. The van der Waals surface area contributed by atoms with E-state index in [1.54, 1.807) is 68.8 Å². The van der Waals surface area contributed by atoms with E-state index in [0.29, 0.717) is 31.4 Å². The maximum absolute atomic E-state index is 18.0. The standard InChI is InChI=1S/C58H89FN2O17/c1-16-42-56(12,71)48(68)34(6)61(15)28-30(2)26-55(11,70)49(32(4)46(67)33(5)50(69)74-42)76-51-47(39(60(13)14)23-31(3)73-51)75-45(66)20-19-44(65)72-29-41(64)58-43(77-52(7,8)78-58)25-38-37-18-17-35-24-36(62)21-22-53(35,9)57(37,59)40(63)27-54(38,58)10/h21-22,24,30-34,37-40,42-43,47-49,51,63,68,70-71H,16-20,23,25-29H2,1-15H3/t30-,31-,32+,33-,34-,37+,38+,39?,40+,42-,43-,47-,48-,49-,51+,53+,54+,55-,56-,57+,58-/m1/s1. The zero-order valence-corrected chi connectivity index (χ0v) is 48.5. The number of cyclic esters (lactones) is 1. The molecule has 78 heavy (non-hydrogen) atoms. The first-order valence-electron chi connectivity index (χ1n) is 28.1. The van der Waals surface area contributed by atoms with Gasteiger partial charge in [-0.1, -0.05) is 39.3 Å². The number of Topliss-reactive ketones (excluding diaryl/α,β-unsaturated/α-hetero) is 2. The second-order valence-corrected chi connectivity index (χ2v) is 25.8. The van der Waals surface area contributed by atoms with Gasteiger partial charge in [-0.15, -0.1) is 0 Å². The Bertz CT molecular complexity index is 2370. The molecule has 20 heteroatoms. The van der Waals surface area contributed by atoms with E-state index < -0.39 is 173 Å². The number of carbonyl (C=O) groups is 6. The molecule has 0 bridgehead atoms. The van der Waals surface area contributed by atoms with Crippen LogP contribution in [0.2, 0.25) is 0 Å². The second kappa shape index (κ2) is 22.3. The average Bonchev–Trinajstić information content (AvgIpc) is 3.77. The molecule has 7 aliphatic rings. The van der Waals surface area contributed by atoms with Gasteiger partial charge >= 0.3 is 17.9 Å². The zero-order chi connectivity index (χ0) is 58.2. The lowest BCUT2D eigenvalue weighted by atomic mass is 9.44. The van der Waals surface area contributed by atoms with Gasteiger partial charge in [-0.05, 0) is 145 Å². The molecule has 0 amide bonds. The van der Waals surface area contributed by atoms with Crippen LogP contribution in [-0.4, -0.2) is 189 Å². The van der Waals surface area contributed by atoms with Crippen molar-refractivity contribution < 1.29 is 86.7 Å². The number of ketones is 3. The first-order chi connectivity index (χ1) is 36.0. The van der Waals surface area contributed by atoms with Crippen molar-refractivity contribution in [2.45, 2.75) is 230 Å². The predicted molar refractivity (Wildman–Crippen MR) is 280 cm³/mol. The third-order valence-corrected chi connectivity index (χ3v) is 19.4. The number of hydrogen-bond acceptors (Lipinski definition) is 19. The predicted octanol–water partition coefficient (Wildman–Crippen LogP) is 4.50. The van der Waals surface area contributed by atoms with Gasteiger partial charge in [-0.3, -0.25) is 28.8 Å². The molecular weight excluding hydrogens is 1020 g/mol. The SMILES string of the molecule is CC[C@H]1OC(=O)[C@H](C)C(=O)[C@H](C)[C@@H](O[C@@H]2O[C@H](C)CC(N(C)C)[C@H]2OC(=O)CCC(=O)OCC(=O)[C@@]23OC(C)(C)O[C@@H]2C[C@H]2[C@@H]4CCC5=CC(=O)C=C[C@]5(C)[C@@]4(F)[C@@H](O)C[C@@]23C)[C@](C)(O)C[C@@H](C)CN(C)[C@H](C)[C@@H](O)[C@]1(C)O. The zero-order valence-electron chi connectivity index (χ0n) is 48.5. The Kier molecular flexibility index (Phi) is 17.7. The highest BCUT2D eigenvalue weighted by molar-refractivity contribution is 6.01. The fraction of sp³-hybridized carbons (Fsp3) is 0.828. The van der Waals surface area contributed by atoms with E-state index in [9.17, 15) is 49.2 Å². The van der Waals surface area contributed by atoms with Crippen LogP contribution < -0.4 is 0 Å². The molecule has 0 spiro atoms. The Labute approximate surface area is 459 Å². The number of fused-ring (bicyclic) bond motifs is 7. The Hall–Kier alpha value is -3.57. The maximum atomic E-state index is 18.0. The molecule has 3 saturated heterocycles. The van der Waals surface area contributed by atoms with Gasteiger partial charge in [0.25, 0.3) is 0 Å². The van der Waals surface area contributed by atoms with E-state index in [4.69, 9.17) is 33.2 Å². The topological polar surface area (TPSA) is 254 Å². The van der Waals surface area contributed by atoms with Crippen molar-refractivity contribution in [3.05, 3.63) is 23.8 Å². The molecule has 1 unspecified atom stereocenters. The van der Waals surface area contributed by atoms with Crippen molar-refractivity contribution >= 4 is 35.3 Å². The number of aliphatic hydroxyl groups excluding tert-OH is 2. The summed E-state index contributed by atoms with van der Waals surface area (Å²) in [5.74, 6) is -9.52. The molecule has 3 aliphatic heterocycles. The molecule has 6 fully saturated rings. The number of allylic oxidation sites excluding steroid dienone is 4. The second-order valence-electron chi connectivity index (χ2n) is 25.8. The Morgan fingerprint density at radius 1 is 0.923 bits per heavy atom. The summed E-state index contributed by atoms with van der Waals surface area (Å²) in [6, 6.07) is -1.16.